The topological polar surface area (TPSA) is 33.2 Å². The van der Waals surface area contributed by atoms with E-state index in [4.69, 9.17) is 0 Å². The quantitative estimate of drug-likeness (QED) is 0.764. The summed E-state index contributed by atoms with van der Waals surface area (Å²) in [6, 6.07) is 2.36. The molecule has 0 aliphatic carbocycles. The summed E-state index contributed by atoms with van der Waals surface area (Å²) in [5.41, 5.74) is 2.92. The van der Waals surface area contributed by atoms with Crippen LogP contribution >= 0.6 is 0 Å². The third-order valence-electron chi connectivity index (χ3n) is 3.08. The highest BCUT2D eigenvalue weighted by Gasteiger charge is 2.30. The molecule has 0 saturated carbocycles. The van der Waals surface area contributed by atoms with E-state index in [0.29, 0.717) is 18.2 Å². The lowest BCUT2D eigenvalue weighted by molar-refractivity contribution is 0.0726. The smallest absolute Gasteiger partial charge is 0.273 e. The van der Waals surface area contributed by atoms with Gasteiger partial charge in [0.1, 0.15) is 5.69 Å². The van der Waals surface area contributed by atoms with Crippen molar-refractivity contribution in [3.8, 4) is 0 Å². The van der Waals surface area contributed by atoms with Crippen molar-refractivity contribution < 1.29 is 4.79 Å². The highest BCUT2D eigenvalue weighted by Crippen LogP contribution is 2.25. The van der Waals surface area contributed by atoms with Crippen molar-refractivity contribution in [2.45, 2.75) is 46.2 Å². The van der Waals surface area contributed by atoms with E-state index < -0.39 is 0 Å². The highest BCUT2D eigenvalue weighted by molar-refractivity contribution is 5.96. The Bertz CT molecular complexity index is 424. The van der Waals surface area contributed by atoms with E-state index in [1.165, 1.54) is 5.56 Å². The maximum atomic E-state index is 12.0. The molecule has 0 saturated heterocycles. The van der Waals surface area contributed by atoms with Crippen molar-refractivity contribution in [1.82, 2.24) is 9.88 Å². The fraction of sp³-hybridized carbons (Fsp3) is 0.538. The van der Waals surface area contributed by atoms with Crippen LogP contribution in [0.4, 0.5) is 0 Å². The van der Waals surface area contributed by atoms with Gasteiger partial charge in [-0.15, -0.1) is 0 Å². The molecule has 0 aromatic carbocycles. The molecule has 3 heteroatoms. The minimum absolute atomic E-state index is 0.0697. The number of hydrogen-bond donors (Lipinski definition) is 0. The Morgan fingerprint density at radius 2 is 2.00 bits per heavy atom. The van der Waals surface area contributed by atoms with Gasteiger partial charge in [-0.2, -0.15) is 0 Å². The molecule has 0 radical (unpaired) electrons. The molecule has 1 aliphatic rings. The zero-order valence-corrected chi connectivity index (χ0v) is 10.3. The second-order valence-electron chi connectivity index (χ2n) is 4.96. The number of nitrogens with zero attached hydrogens (tertiary/aromatic N) is 2. The van der Waals surface area contributed by atoms with Gasteiger partial charge in [0.2, 0.25) is 0 Å². The van der Waals surface area contributed by atoms with E-state index >= 15 is 0 Å². The van der Waals surface area contributed by atoms with Gasteiger partial charge in [-0.25, -0.2) is 0 Å². The molecule has 0 bridgehead atoms. The van der Waals surface area contributed by atoms with Crippen LogP contribution in [0.25, 0.3) is 0 Å². The standard InChI is InChI=1S/C13H18N2O/c1-8(2)10-5-11-7-15(9(3)4)13(16)12(11)14-6-10/h5-6,8-9H,7H2,1-4H3. The summed E-state index contributed by atoms with van der Waals surface area (Å²) >= 11 is 0. The van der Waals surface area contributed by atoms with Gasteiger partial charge in [-0.1, -0.05) is 13.8 Å². The molecule has 16 heavy (non-hydrogen) atoms. The molecule has 1 aliphatic heterocycles. The summed E-state index contributed by atoms with van der Waals surface area (Å²) in [6.45, 7) is 9.06. The molecule has 3 nitrogen and oxygen atoms in total. The van der Waals surface area contributed by atoms with Crippen LogP contribution < -0.4 is 0 Å². The SMILES string of the molecule is CC(C)c1cnc2c(c1)CN(C(C)C)C2=O. The first kappa shape index (κ1) is 11.1. The van der Waals surface area contributed by atoms with Crippen molar-refractivity contribution in [1.29, 1.82) is 0 Å². The molecular formula is C13H18N2O. The van der Waals surface area contributed by atoms with Crippen LogP contribution in [0.1, 0.15) is 55.2 Å². The molecule has 1 amide bonds. The van der Waals surface area contributed by atoms with Gasteiger partial charge in [-0.3, -0.25) is 9.78 Å². The van der Waals surface area contributed by atoms with Crippen molar-refractivity contribution in [2.24, 2.45) is 0 Å². The molecule has 0 unspecified atom stereocenters. The number of carbonyl (C=O) groups excluding carboxylic acids is 1. The van der Waals surface area contributed by atoms with Crippen LogP contribution in [0.2, 0.25) is 0 Å². The Kier molecular flexibility index (Phi) is 2.70. The monoisotopic (exact) mass is 218 g/mol. The zero-order valence-electron chi connectivity index (χ0n) is 10.3. The Labute approximate surface area is 96.5 Å². The average molecular weight is 218 g/mol. The van der Waals surface area contributed by atoms with Gasteiger partial charge >= 0.3 is 0 Å². The maximum Gasteiger partial charge on any atom is 0.273 e. The van der Waals surface area contributed by atoms with E-state index in [1.807, 2.05) is 24.9 Å². The second-order valence-corrected chi connectivity index (χ2v) is 4.96. The van der Waals surface area contributed by atoms with Crippen LogP contribution in [-0.2, 0) is 6.54 Å². The molecule has 0 N–H and O–H groups in total. The molecular weight excluding hydrogens is 200 g/mol. The minimum Gasteiger partial charge on any atom is -0.330 e. The third-order valence-corrected chi connectivity index (χ3v) is 3.08. The number of carbonyl (C=O) groups is 1. The third kappa shape index (κ3) is 1.70. The lowest BCUT2D eigenvalue weighted by atomic mass is 10.0. The summed E-state index contributed by atoms with van der Waals surface area (Å²) in [5.74, 6) is 0.529. The summed E-state index contributed by atoms with van der Waals surface area (Å²) in [6.07, 6.45) is 1.82. The Morgan fingerprint density at radius 1 is 1.31 bits per heavy atom. The van der Waals surface area contributed by atoms with Gasteiger partial charge in [0, 0.05) is 24.3 Å². The highest BCUT2D eigenvalue weighted by atomic mass is 16.2. The first-order valence-electron chi connectivity index (χ1n) is 5.80. The van der Waals surface area contributed by atoms with E-state index in [1.54, 1.807) is 0 Å². The predicted octanol–water partition coefficient (Wildman–Crippen LogP) is 2.57. The summed E-state index contributed by atoms with van der Waals surface area (Å²) in [7, 11) is 0. The van der Waals surface area contributed by atoms with Crippen LogP contribution in [0.3, 0.4) is 0 Å². The molecule has 2 heterocycles. The number of rotatable bonds is 2. The molecule has 0 atom stereocenters. The molecule has 0 fully saturated rings. The van der Waals surface area contributed by atoms with Crippen molar-refractivity contribution in [3.05, 3.63) is 29.1 Å². The summed E-state index contributed by atoms with van der Waals surface area (Å²) in [4.78, 5) is 18.1. The lowest BCUT2D eigenvalue weighted by Gasteiger charge is -2.19. The van der Waals surface area contributed by atoms with Crippen molar-refractivity contribution >= 4 is 5.91 Å². The molecule has 1 aromatic rings. The van der Waals surface area contributed by atoms with Crippen LogP contribution in [0, 0.1) is 0 Å². The summed E-state index contributed by atoms with van der Waals surface area (Å²) < 4.78 is 0. The van der Waals surface area contributed by atoms with Crippen LogP contribution in [-0.4, -0.2) is 21.8 Å². The first-order valence-corrected chi connectivity index (χ1v) is 5.80. The summed E-state index contributed by atoms with van der Waals surface area (Å²) in [5, 5.41) is 0. The van der Waals surface area contributed by atoms with Gasteiger partial charge in [0.05, 0.1) is 0 Å². The van der Waals surface area contributed by atoms with Crippen molar-refractivity contribution in [3.63, 3.8) is 0 Å². The van der Waals surface area contributed by atoms with E-state index in [9.17, 15) is 4.79 Å². The fourth-order valence-electron chi connectivity index (χ4n) is 1.97. The molecule has 0 spiro atoms. The van der Waals surface area contributed by atoms with Gasteiger partial charge in [-0.05, 0) is 31.4 Å². The number of fused-ring (bicyclic) bond motifs is 1. The fourth-order valence-corrected chi connectivity index (χ4v) is 1.97. The number of hydrogen-bond acceptors (Lipinski definition) is 2. The van der Waals surface area contributed by atoms with Gasteiger partial charge in [0.25, 0.3) is 5.91 Å². The number of pyridine rings is 1. The maximum absolute atomic E-state index is 12.0. The molecule has 2 rings (SSSR count). The number of aromatic nitrogens is 1. The first-order chi connectivity index (χ1) is 7.50. The van der Waals surface area contributed by atoms with Crippen molar-refractivity contribution in [2.75, 3.05) is 0 Å². The van der Waals surface area contributed by atoms with Gasteiger partial charge in [0.15, 0.2) is 0 Å². The van der Waals surface area contributed by atoms with Crippen LogP contribution in [0.5, 0.6) is 0 Å². The van der Waals surface area contributed by atoms with Crippen LogP contribution in [0.15, 0.2) is 12.3 Å². The number of amides is 1. The predicted molar refractivity (Wildman–Crippen MR) is 63.3 cm³/mol. The van der Waals surface area contributed by atoms with E-state index in [2.05, 4.69) is 24.9 Å². The Hall–Kier alpha value is -1.38. The molecule has 1 aromatic heterocycles. The van der Waals surface area contributed by atoms with Gasteiger partial charge < -0.3 is 4.90 Å². The zero-order chi connectivity index (χ0) is 11.9. The lowest BCUT2D eigenvalue weighted by Crippen LogP contribution is -2.31. The Balaban J connectivity index is 2.37. The second kappa shape index (κ2) is 3.89. The van der Waals surface area contributed by atoms with E-state index in [-0.39, 0.29) is 11.9 Å². The minimum atomic E-state index is 0.0697. The average Bonchev–Trinajstić information content (AvgIpc) is 2.55. The largest absolute Gasteiger partial charge is 0.330 e. The normalized spacial score (nSPS) is 15.1. The molecule has 86 valence electrons. The Morgan fingerprint density at radius 3 is 2.56 bits per heavy atom. The van der Waals surface area contributed by atoms with E-state index in [0.717, 1.165) is 5.56 Å².